The van der Waals surface area contributed by atoms with E-state index in [1.54, 1.807) is 0 Å². The lowest BCUT2D eigenvalue weighted by Gasteiger charge is -2.43. The van der Waals surface area contributed by atoms with Crippen LogP contribution in [0.1, 0.15) is 26.3 Å². The van der Waals surface area contributed by atoms with Gasteiger partial charge in [0, 0.05) is 35.9 Å². The van der Waals surface area contributed by atoms with Crippen LogP contribution in [0.4, 0.5) is 5.69 Å². The molecule has 1 aliphatic heterocycles. The number of benzene rings is 1. The standard InChI is InChI=1S/C15H23ClN2/c1-10(2)15-8-17-11(3)9-18(15)14-7-5-6-13(16)12(14)4/h5-7,10-11,15,17H,8-9H2,1-4H3. The van der Waals surface area contributed by atoms with Gasteiger partial charge in [0.05, 0.1) is 0 Å². The van der Waals surface area contributed by atoms with Gasteiger partial charge in [-0.1, -0.05) is 31.5 Å². The van der Waals surface area contributed by atoms with Crippen molar-refractivity contribution in [3.63, 3.8) is 0 Å². The van der Waals surface area contributed by atoms with Gasteiger partial charge in [0.25, 0.3) is 0 Å². The molecule has 0 aliphatic carbocycles. The van der Waals surface area contributed by atoms with Gasteiger partial charge in [-0.2, -0.15) is 0 Å². The Morgan fingerprint density at radius 1 is 1.39 bits per heavy atom. The first-order chi connectivity index (χ1) is 8.50. The molecule has 0 bridgehead atoms. The smallest absolute Gasteiger partial charge is 0.0455 e. The second-order valence-corrected chi connectivity index (χ2v) is 6.06. The van der Waals surface area contributed by atoms with Crippen molar-refractivity contribution in [3.05, 3.63) is 28.8 Å². The van der Waals surface area contributed by atoms with E-state index in [0.29, 0.717) is 18.0 Å². The van der Waals surface area contributed by atoms with Crippen LogP contribution in [0.5, 0.6) is 0 Å². The molecule has 1 aliphatic rings. The molecule has 3 heteroatoms. The van der Waals surface area contributed by atoms with Gasteiger partial charge in [0.15, 0.2) is 0 Å². The molecule has 2 nitrogen and oxygen atoms in total. The molecule has 100 valence electrons. The predicted octanol–water partition coefficient (Wildman–Crippen LogP) is 3.47. The van der Waals surface area contributed by atoms with Crippen LogP contribution in [0.15, 0.2) is 18.2 Å². The van der Waals surface area contributed by atoms with E-state index >= 15 is 0 Å². The third-order valence-electron chi connectivity index (χ3n) is 3.86. The van der Waals surface area contributed by atoms with Gasteiger partial charge < -0.3 is 10.2 Å². The van der Waals surface area contributed by atoms with Crippen molar-refractivity contribution in [2.75, 3.05) is 18.0 Å². The quantitative estimate of drug-likeness (QED) is 0.882. The van der Waals surface area contributed by atoms with Gasteiger partial charge in [0.1, 0.15) is 0 Å². The number of hydrogen-bond acceptors (Lipinski definition) is 2. The Morgan fingerprint density at radius 2 is 2.11 bits per heavy atom. The monoisotopic (exact) mass is 266 g/mol. The Balaban J connectivity index is 2.35. The average Bonchev–Trinajstić information content (AvgIpc) is 2.32. The summed E-state index contributed by atoms with van der Waals surface area (Å²) >= 11 is 6.25. The highest BCUT2D eigenvalue weighted by atomic mass is 35.5. The number of piperazine rings is 1. The molecule has 2 rings (SSSR count). The fourth-order valence-corrected chi connectivity index (χ4v) is 2.88. The van der Waals surface area contributed by atoms with Gasteiger partial charge >= 0.3 is 0 Å². The van der Waals surface area contributed by atoms with E-state index in [4.69, 9.17) is 11.6 Å². The molecule has 0 radical (unpaired) electrons. The first-order valence-corrected chi connectivity index (χ1v) is 7.13. The normalized spacial score (nSPS) is 24.7. The zero-order valence-electron chi connectivity index (χ0n) is 11.7. The van der Waals surface area contributed by atoms with Crippen LogP contribution in [0.3, 0.4) is 0 Å². The van der Waals surface area contributed by atoms with E-state index in [1.165, 1.54) is 11.3 Å². The Labute approximate surface area is 115 Å². The molecule has 1 N–H and O–H groups in total. The summed E-state index contributed by atoms with van der Waals surface area (Å²) in [7, 11) is 0. The van der Waals surface area contributed by atoms with E-state index < -0.39 is 0 Å². The summed E-state index contributed by atoms with van der Waals surface area (Å²) in [6, 6.07) is 7.27. The molecule has 1 aromatic carbocycles. The SMILES string of the molecule is Cc1c(Cl)cccc1N1CC(C)NCC1C(C)C. The zero-order chi connectivity index (χ0) is 13.3. The molecule has 1 fully saturated rings. The van der Waals surface area contributed by atoms with Gasteiger partial charge in [0.2, 0.25) is 0 Å². The van der Waals surface area contributed by atoms with Gasteiger partial charge in [-0.05, 0) is 37.5 Å². The molecule has 0 spiro atoms. The first-order valence-electron chi connectivity index (χ1n) is 6.76. The maximum absolute atomic E-state index is 6.25. The Bertz CT molecular complexity index is 417. The first kappa shape index (κ1) is 13.7. The van der Waals surface area contributed by atoms with Crippen molar-refractivity contribution < 1.29 is 0 Å². The third-order valence-corrected chi connectivity index (χ3v) is 4.27. The lowest BCUT2D eigenvalue weighted by Crippen LogP contribution is -2.57. The summed E-state index contributed by atoms with van der Waals surface area (Å²) in [5.74, 6) is 0.628. The van der Waals surface area contributed by atoms with Gasteiger partial charge in [-0.25, -0.2) is 0 Å². The van der Waals surface area contributed by atoms with Crippen molar-refractivity contribution in [3.8, 4) is 0 Å². The van der Waals surface area contributed by atoms with Crippen molar-refractivity contribution in [2.45, 2.75) is 39.8 Å². The summed E-state index contributed by atoms with van der Waals surface area (Å²) < 4.78 is 0. The number of rotatable bonds is 2. The molecule has 18 heavy (non-hydrogen) atoms. The zero-order valence-corrected chi connectivity index (χ0v) is 12.5. The molecule has 0 aromatic heterocycles. The number of hydrogen-bond donors (Lipinski definition) is 1. The molecular formula is C15H23ClN2. The van der Waals surface area contributed by atoms with Crippen LogP contribution in [0.25, 0.3) is 0 Å². The van der Waals surface area contributed by atoms with Crippen molar-refractivity contribution in [2.24, 2.45) is 5.92 Å². The molecule has 0 amide bonds. The molecule has 1 aromatic rings. The van der Waals surface area contributed by atoms with E-state index in [1.807, 2.05) is 6.07 Å². The van der Waals surface area contributed by atoms with Crippen LogP contribution >= 0.6 is 11.6 Å². The average molecular weight is 267 g/mol. The minimum atomic E-state index is 0.526. The van der Waals surface area contributed by atoms with Gasteiger partial charge in [-0.3, -0.25) is 0 Å². The fraction of sp³-hybridized carbons (Fsp3) is 0.600. The Kier molecular flexibility index (Phi) is 4.18. The fourth-order valence-electron chi connectivity index (χ4n) is 2.71. The maximum atomic E-state index is 6.25. The number of anilines is 1. The van der Waals surface area contributed by atoms with Crippen LogP contribution in [0, 0.1) is 12.8 Å². The summed E-state index contributed by atoms with van der Waals surface area (Å²) in [4.78, 5) is 2.52. The predicted molar refractivity (Wildman–Crippen MR) is 79.6 cm³/mol. The second-order valence-electron chi connectivity index (χ2n) is 5.66. The Hall–Kier alpha value is -0.730. The largest absolute Gasteiger partial charge is 0.365 e. The van der Waals surface area contributed by atoms with E-state index in [2.05, 4.69) is 50.0 Å². The maximum Gasteiger partial charge on any atom is 0.0455 e. The van der Waals surface area contributed by atoms with Crippen LogP contribution < -0.4 is 10.2 Å². The summed E-state index contributed by atoms with van der Waals surface area (Å²) in [6.07, 6.45) is 0. The molecular weight excluding hydrogens is 244 g/mol. The third kappa shape index (κ3) is 2.65. The van der Waals surface area contributed by atoms with Crippen molar-refractivity contribution >= 4 is 17.3 Å². The van der Waals surface area contributed by atoms with Crippen molar-refractivity contribution in [1.82, 2.24) is 5.32 Å². The highest BCUT2D eigenvalue weighted by molar-refractivity contribution is 6.31. The van der Waals surface area contributed by atoms with Crippen molar-refractivity contribution in [1.29, 1.82) is 0 Å². The lowest BCUT2D eigenvalue weighted by atomic mass is 9.97. The molecule has 2 atom stereocenters. The molecule has 1 heterocycles. The highest BCUT2D eigenvalue weighted by Crippen LogP contribution is 2.30. The topological polar surface area (TPSA) is 15.3 Å². The summed E-state index contributed by atoms with van der Waals surface area (Å²) in [6.45, 7) is 11.0. The van der Waals surface area contributed by atoms with E-state index in [-0.39, 0.29) is 0 Å². The Morgan fingerprint density at radius 3 is 2.78 bits per heavy atom. The number of nitrogens with zero attached hydrogens (tertiary/aromatic N) is 1. The molecule has 1 saturated heterocycles. The second kappa shape index (κ2) is 5.50. The van der Waals surface area contributed by atoms with E-state index in [0.717, 1.165) is 18.1 Å². The number of halogens is 1. The van der Waals surface area contributed by atoms with E-state index in [9.17, 15) is 0 Å². The minimum Gasteiger partial charge on any atom is -0.365 e. The van der Waals surface area contributed by atoms with Crippen LogP contribution in [-0.2, 0) is 0 Å². The van der Waals surface area contributed by atoms with Gasteiger partial charge in [-0.15, -0.1) is 0 Å². The minimum absolute atomic E-state index is 0.526. The molecule has 2 unspecified atom stereocenters. The summed E-state index contributed by atoms with van der Waals surface area (Å²) in [5.41, 5.74) is 2.48. The number of nitrogens with one attached hydrogen (secondary N) is 1. The highest BCUT2D eigenvalue weighted by Gasteiger charge is 2.29. The summed E-state index contributed by atoms with van der Waals surface area (Å²) in [5, 5.41) is 4.43. The van der Waals surface area contributed by atoms with Crippen LogP contribution in [0.2, 0.25) is 5.02 Å². The van der Waals surface area contributed by atoms with Crippen LogP contribution in [-0.4, -0.2) is 25.2 Å². The molecule has 0 saturated carbocycles. The lowest BCUT2D eigenvalue weighted by molar-refractivity contribution is 0.349.